The van der Waals surface area contributed by atoms with Crippen molar-refractivity contribution in [3.05, 3.63) is 53.1 Å². The highest BCUT2D eigenvalue weighted by molar-refractivity contribution is 5.81. The average molecular weight is 369 g/mol. The first-order valence-corrected chi connectivity index (χ1v) is 9.41. The van der Waals surface area contributed by atoms with Gasteiger partial charge in [-0.3, -0.25) is 4.79 Å². The van der Waals surface area contributed by atoms with Crippen LogP contribution in [-0.2, 0) is 4.79 Å². The fraction of sp³-hybridized carbons (Fsp3) is 0.409. The molecule has 2 atom stereocenters. The molecule has 3 rings (SSSR count). The Morgan fingerprint density at radius 3 is 2.59 bits per heavy atom. The molecule has 2 aromatic carbocycles. The maximum Gasteiger partial charge on any atom is 0.261 e. The molecule has 0 aromatic heterocycles. The van der Waals surface area contributed by atoms with Crippen molar-refractivity contribution >= 4 is 5.91 Å². The minimum absolute atomic E-state index is 0.124. The summed E-state index contributed by atoms with van der Waals surface area (Å²) in [6.45, 7) is 9.00. The van der Waals surface area contributed by atoms with Crippen molar-refractivity contribution in [1.29, 1.82) is 0 Å². The average Bonchev–Trinajstić information content (AvgIpc) is 2.68. The second kappa shape index (κ2) is 8.33. The minimum Gasteiger partial charge on any atom is -0.486 e. The van der Waals surface area contributed by atoms with Crippen LogP contribution in [0.1, 0.15) is 43.0 Å². The van der Waals surface area contributed by atoms with Gasteiger partial charge in [0.25, 0.3) is 5.91 Å². The Bertz CT molecular complexity index is 818. The molecule has 144 valence electrons. The first-order chi connectivity index (χ1) is 13.0. The van der Waals surface area contributed by atoms with E-state index in [0.717, 1.165) is 33.9 Å². The number of aryl methyl sites for hydroxylation is 2. The minimum atomic E-state index is -0.537. The summed E-state index contributed by atoms with van der Waals surface area (Å²) < 4.78 is 17.2. The Balaban J connectivity index is 1.68. The van der Waals surface area contributed by atoms with Gasteiger partial charge in [0, 0.05) is 0 Å². The van der Waals surface area contributed by atoms with Crippen molar-refractivity contribution in [1.82, 2.24) is 5.32 Å². The first-order valence-electron chi connectivity index (χ1n) is 9.41. The van der Waals surface area contributed by atoms with E-state index >= 15 is 0 Å². The SMILES string of the molecule is CC[C@H](Oc1cc(C)ccc1C)C(=O)N[C@@H](C)c1ccc2c(c1)OCCO2. The van der Waals surface area contributed by atoms with Gasteiger partial charge in [0.15, 0.2) is 17.6 Å². The summed E-state index contributed by atoms with van der Waals surface area (Å²) in [5.74, 6) is 2.09. The number of amides is 1. The molecule has 0 spiro atoms. The van der Waals surface area contributed by atoms with Crippen molar-refractivity contribution < 1.29 is 19.0 Å². The van der Waals surface area contributed by atoms with E-state index in [0.29, 0.717) is 19.6 Å². The summed E-state index contributed by atoms with van der Waals surface area (Å²) in [6, 6.07) is 11.6. The summed E-state index contributed by atoms with van der Waals surface area (Å²) in [4.78, 5) is 12.8. The normalized spacial score (nSPS) is 15.0. The first kappa shape index (κ1) is 19.1. The Kier molecular flexibility index (Phi) is 5.89. The quantitative estimate of drug-likeness (QED) is 0.833. The number of nitrogens with one attached hydrogen (secondary N) is 1. The number of fused-ring (bicyclic) bond motifs is 1. The van der Waals surface area contributed by atoms with Crippen molar-refractivity contribution in [3.63, 3.8) is 0 Å². The summed E-state index contributed by atoms with van der Waals surface area (Å²) in [6.07, 6.45) is 0.0535. The number of hydrogen-bond donors (Lipinski definition) is 1. The number of ether oxygens (including phenoxy) is 3. The van der Waals surface area contributed by atoms with E-state index < -0.39 is 6.10 Å². The number of benzene rings is 2. The molecular weight excluding hydrogens is 342 g/mol. The second-order valence-electron chi connectivity index (χ2n) is 6.92. The zero-order valence-electron chi connectivity index (χ0n) is 16.4. The third kappa shape index (κ3) is 4.54. The van der Waals surface area contributed by atoms with Crippen molar-refractivity contribution in [2.75, 3.05) is 13.2 Å². The molecule has 0 saturated carbocycles. The van der Waals surface area contributed by atoms with Crippen LogP contribution in [0.15, 0.2) is 36.4 Å². The molecular formula is C22H27NO4. The number of hydrogen-bond acceptors (Lipinski definition) is 4. The lowest BCUT2D eigenvalue weighted by molar-refractivity contribution is -0.128. The topological polar surface area (TPSA) is 56.8 Å². The Morgan fingerprint density at radius 1 is 1.11 bits per heavy atom. The Labute approximate surface area is 160 Å². The maximum atomic E-state index is 12.8. The van der Waals surface area contributed by atoms with Gasteiger partial charge in [-0.15, -0.1) is 0 Å². The highest BCUT2D eigenvalue weighted by Gasteiger charge is 2.22. The van der Waals surface area contributed by atoms with E-state index in [4.69, 9.17) is 14.2 Å². The lowest BCUT2D eigenvalue weighted by Gasteiger charge is -2.23. The molecule has 0 bridgehead atoms. The molecule has 1 amide bonds. The summed E-state index contributed by atoms with van der Waals surface area (Å²) in [7, 11) is 0. The molecule has 1 aliphatic heterocycles. The molecule has 0 radical (unpaired) electrons. The van der Waals surface area contributed by atoms with Gasteiger partial charge < -0.3 is 19.5 Å². The van der Waals surface area contributed by atoms with E-state index in [-0.39, 0.29) is 11.9 Å². The Hall–Kier alpha value is -2.69. The van der Waals surface area contributed by atoms with Crippen LogP contribution in [0.5, 0.6) is 17.2 Å². The fourth-order valence-corrected chi connectivity index (χ4v) is 3.03. The molecule has 1 N–H and O–H groups in total. The van der Waals surface area contributed by atoms with Gasteiger partial charge in [-0.1, -0.05) is 25.1 Å². The van der Waals surface area contributed by atoms with Crippen molar-refractivity contribution in [3.8, 4) is 17.2 Å². The second-order valence-corrected chi connectivity index (χ2v) is 6.92. The zero-order valence-corrected chi connectivity index (χ0v) is 16.4. The molecule has 5 heteroatoms. The van der Waals surface area contributed by atoms with E-state index in [9.17, 15) is 4.79 Å². The monoisotopic (exact) mass is 369 g/mol. The zero-order chi connectivity index (χ0) is 19.4. The van der Waals surface area contributed by atoms with E-state index in [1.54, 1.807) is 0 Å². The van der Waals surface area contributed by atoms with E-state index in [1.165, 1.54) is 0 Å². The molecule has 27 heavy (non-hydrogen) atoms. The van der Waals surface area contributed by atoms with Crippen molar-refractivity contribution in [2.24, 2.45) is 0 Å². The van der Waals surface area contributed by atoms with Crippen LogP contribution in [0.2, 0.25) is 0 Å². The third-order valence-electron chi connectivity index (χ3n) is 4.70. The molecule has 0 aliphatic carbocycles. The Morgan fingerprint density at radius 2 is 1.85 bits per heavy atom. The fourth-order valence-electron chi connectivity index (χ4n) is 3.03. The lowest BCUT2D eigenvalue weighted by atomic mass is 10.1. The van der Waals surface area contributed by atoms with Crippen molar-refractivity contribution in [2.45, 2.75) is 46.3 Å². The van der Waals surface area contributed by atoms with Gasteiger partial charge in [0.05, 0.1) is 6.04 Å². The molecule has 0 unspecified atom stereocenters. The summed E-state index contributed by atoms with van der Waals surface area (Å²) in [5, 5.41) is 3.05. The summed E-state index contributed by atoms with van der Waals surface area (Å²) in [5.41, 5.74) is 3.09. The molecule has 0 fully saturated rings. The summed E-state index contributed by atoms with van der Waals surface area (Å²) >= 11 is 0. The van der Waals surface area contributed by atoms with Crippen LogP contribution in [0, 0.1) is 13.8 Å². The van der Waals surface area contributed by atoms with E-state index in [2.05, 4.69) is 5.32 Å². The molecule has 2 aromatic rings. The predicted octanol–water partition coefficient (Wildman–Crippen LogP) is 4.11. The van der Waals surface area contributed by atoms with Gasteiger partial charge in [-0.25, -0.2) is 0 Å². The van der Waals surface area contributed by atoms with Gasteiger partial charge in [-0.05, 0) is 62.1 Å². The third-order valence-corrected chi connectivity index (χ3v) is 4.70. The van der Waals surface area contributed by atoms with Crippen LogP contribution >= 0.6 is 0 Å². The van der Waals surface area contributed by atoms with Crippen LogP contribution in [0.4, 0.5) is 0 Å². The smallest absolute Gasteiger partial charge is 0.261 e. The highest BCUT2D eigenvalue weighted by atomic mass is 16.6. The van der Waals surface area contributed by atoms with Gasteiger partial charge in [0.1, 0.15) is 19.0 Å². The van der Waals surface area contributed by atoms with Crippen LogP contribution < -0.4 is 19.5 Å². The number of rotatable bonds is 6. The van der Waals surface area contributed by atoms with Crippen LogP contribution in [-0.4, -0.2) is 25.2 Å². The van der Waals surface area contributed by atoms with Gasteiger partial charge in [0.2, 0.25) is 0 Å². The van der Waals surface area contributed by atoms with E-state index in [1.807, 2.05) is 64.1 Å². The largest absolute Gasteiger partial charge is 0.486 e. The lowest BCUT2D eigenvalue weighted by Crippen LogP contribution is -2.39. The van der Waals surface area contributed by atoms with Gasteiger partial charge >= 0.3 is 0 Å². The van der Waals surface area contributed by atoms with Crippen LogP contribution in [0.3, 0.4) is 0 Å². The highest BCUT2D eigenvalue weighted by Crippen LogP contribution is 2.32. The molecule has 1 heterocycles. The maximum absolute atomic E-state index is 12.8. The molecule has 1 aliphatic rings. The predicted molar refractivity (Wildman–Crippen MR) is 105 cm³/mol. The standard InChI is InChI=1S/C22H27NO4/c1-5-18(27-20-12-14(2)6-7-15(20)3)22(24)23-16(4)17-8-9-19-21(13-17)26-11-10-25-19/h6-9,12-13,16,18H,5,10-11H2,1-4H3,(H,23,24)/t16-,18-/m0/s1. The van der Waals surface area contributed by atoms with Gasteiger partial charge in [-0.2, -0.15) is 0 Å². The van der Waals surface area contributed by atoms with Crippen LogP contribution in [0.25, 0.3) is 0 Å². The molecule has 5 nitrogen and oxygen atoms in total. The number of carbonyl (C=O) groups is 1. The number of carbonyl (C=O) groups excluding carboxylic acids is 1. The molecule has 0 saturated heterocycles.